The van der Waals surface area contributed by atoms with Crippen LogP contribution in [0.3, 0.4) is 0 Å². The van der Waals surface area contributed by atoms with Gasteiger partial charge in [-0.3, -0.25) is 0 Å². The van der Waals surface area contributed by atoms with Gasteiger partial charge < -0.3 is 4.57 Å². The van der Waals surface area contributed by atoms with E-state index in [4.69, 9.17) is 15.0 Å². The zero-order valence-electron chi connectivity index (χ0n) is 27.6. The smallest absolute Gasteiger partial charge is 0.164 e. The summed E-state index contributed by atoms with van der Waals surface area (Å²) >= 11 is 0. The van der Waals surface area contributed by atoms with Gasteiger partial charge >= 0.3 is 0 Å². The van der Waals surface area contributed by atoms with Gasteiger partial charge in [0.1, 0.15) is 0 Å². The Bertz CT molecular complexity index is 2910. The predicted molar refractivity (Wildman–Crippen MR) is 211 cm³/mol. The summed E-state index contributed by atoms with van der Waals surface area (Å²) in [6, 6.07) is 64.1. The zero-order valence-corrected chi connectivity index (χ0v) is 27.6. The highest BCUT2D eigenvalue weighted by Crippen LogP contribution is 2.36. The van der Waals surface area contributed by atoms with Crippen LogP contribution < -0.4 is 0 Å². The molecule has 8 aromatic carbocycles. The van der Waals surface area contributed by atoms with Crippen LogP contribution in [0.15, 0.2) is 182 Å². The highest BCUT2D eigenvalue weighted by atomic mass is 15.0. The molecule has 0 aliphatic carbocycles. The van der Waals surface area contributed by atoms with E-state index in [9.17, 15) is 0 Å². The second-order valence-corrected chi connectivity index (χ2v) is 12.9. The molecule has 2 heterocycles. The topological polar surface area (TPSA) is 43.6 Å². The molecule has 4 nitrogen and oxygen atoms in total. The number of nitrogens with zero attached hydrogens (tertiary/aromatic N) is 4. The maximum atomic E-state index is 5.04. The van der Waals surface area contributed by atoms with Crippen molar-refractivity contribution in [1.29, 1.82) is 0 Å². The molecule has 2 aromatic heterocycles. The summed E-state index contributed by atoms with van der Waals surface area (Å²) in [5.74, 6) is 1.94. The molecule has 0 spiro atoms. The average molecular weight is 651 g/mol. The Hall–Kier alpha value is -6.91. The van der Waals surface area contributed by atoms with E-state index in [1.807, 2.05) is 30.3 Å². The molecular formula is C47H30N4. The molecular weight excluding hydrogens is 621 g/mol. The molecule has 0 radical (unpaired) electrons. The minimum absolute atomic E-state index is 0.642. The number of para-hydroxylation sites is 1. The largest absolute Gasteiger partial charge is 0.309 e. The molecule has 51 heavy (non-hydrogen) atoms. The number of hydrogen-bond acceptors (Lipinski definition) is 3. The normalized spacial score (nSPS) is 11.5. The Kier molecular flexibility index (Phi) is 6.78. The van der Waals surface area contributed by atoms with E-state index >= 15 is 0 Å². The van der Waals surface area contributed by atoms with Gasteiger partial charge in [0.2, 0.25) is 0 Å². The van der Waals surface area contributed by atoms with Crippen molar-refractivity contribution in [3.05, 3.63) is 182 Å². The second-order valence-electron chi connectivity index (χ2n) is 12.9. The van der Waals surface area contributed by atoms with Gasteiger partial charge in [0.15, 0.2) is 17.5 Å². The fraction of sp³-hybridized carbons (Fsp3) is 0. The van der Waals surface area contributed by atoms with Gasteiger partial charge in [0, 0.05) is 33.2 Å². The van der Waals surface area contributed by atoms with Crippen LogP contribution in [0.2, 0.25) is 0 Å². The lowest BCUT2D eigenvalue weighted by Gasteiger charge is -2.11. The molecule has 0 saturated carbocycles. The lowest BCUT2D eigenvalue weighted by Crippen LogP contribution is -2.00. The Balaban J connectivity index is 1.06. The van der Waals surface area contributed by atoms with Crippen molar-refractivity contribution in [2.45, 2.75) is 0 Å². The Morgan fingerprint density at radius 1 is 0.294 bits per heavy atom. The van der Waals surface area contributed by atoms with Crippen LogP contribution in [-0.4, -0.2) is 19.5 Å². The third-order valence-corrected chi connectivity index (χ3v) is 9.79. The molecule has 0 N–H and O–H groups in total. The minimum Gasteiger partial charge on any atom is -0.309 e. The molecule has 10 aromatic rings. The third kappa shape index (κ3) is 5.13. The molecule has 0 amide bonds. The summed E-state index contributed by atoms with van der Waals surface area (Å²) in [4.78, 5) is 15.0. The lowest BCUT2D eigenvalue weighted by molar-refractivity contribution is 1.07. The molecule has 10 rings (SSSR count). The molecule has 238 valence electrons. The summed E-state index contributed by atoms with van der Waals surface area (Å²) < 4.78 is 2.38. The summed E-state index contributed by atoms with van der Waals surface area (Å²) in [7, 11) is 0. The van der Waals surface area contributed by atoms with Crippen LogP contribution >= 0.6 is 0 Å². The van der Waals surface area contributed by atoms with E-state index in [1.54, 1.807) is 0 Å². The van der Waals surface area contributed by atoms with Crippen molar-refractivity contribution in [3.8, 4) is 51.0 Å². The van der Waals surface area contributed by atoms with E-state index in [0.717, 1.165) is 38.9 Å². The number of hydrogen-bond donors (Lipinski definition) is 0. The van der Waals surface area contributed by atoms with Crippen LogP contribution in [0.25, 0.3) is 94.3 Å². The first-order chi connectivity index (χ1) is 25.2. The molecule has 0 saturated heterocycles. The van der Waals surface area contributed by atoms with E-state index in [2.05, 4.69) is 156 Å². The van der Waals surface area contributed by atoms with Gasteiger partial charge in [0.25, 0.3) is 0 Å². The van der Waals surface area contributed by atoms with Gasteiger partial charge in [-0.2, -0.15) is 0 Å². The third-order valence-electron chi connectivity index (χ3n) is 9.79. The Morgan fingerprint density at radius 2 is 0.843 bits per heavy atom. The van der Waals surface area contributed by atoms with Crippen molar-refractivity contribution >= 4 is 43.4 Å². The summed E-state index contributed by atoms with van der Waals surface area (Å²) in [5, 5.41) is 7.34. The molecule has 0 fully saturated rings. The fourth-order valence-electron chi connectivity index (χ4n) is 7.25. The highest BCUT2D eigenvalue weighted by molar-refractivity contribution is 6.13. The molecule has 0 unspecified atom stereocenters. The van der Waals surface area contributed by atoms with E-state index in [0.29, 0.717) is 17.5 Å². The number of rotatable bonds is 5. The molecule has 0 bridgehead atoms. The van der Waals surface area contributed by atoms with Gasteiger partial charge in [-0.15, -0.1) is 0 Å². The zero-order chi connectivity index (χ0) is 33.7. The summed E-state index contributed by atoms with van der Waals surface area (Å²) in [6.45, 7) is 0. The summed E-state index contributed by atoms with van der Waals surface area (Å²) in [6.07, 6.45) is 0. The van der Waals surface area contributed by atoms with E-state index in [1.165, 1.54) is 38.0 Å². The SMILES string of the molecule is c1ccc(-c2nc(-c3cccc(-c4ccc(-n5c6ccccc6c6cc7ccccc7cc65)cc4)c3)nc(-c3ccc4ccccc4c3)n2)cc1. The quantitative estimate of drug-likeness (QED) is 0.186. The van der Waals surface area contributed by atoms with Crippen molar-refractivity contribution in [2.75, 3.05) is 0 Å². The van der Waals surface area contributed by atoms with Crippen molar-refractivity contribution in [3.63, 3.8) is 0 Å². The first kappa shape index (κ1) is 29.0. The van der Waals surface area contributed by atoms with E-state index < -0.39 is 0 Å². The van der Waals surface area contributed by atoms with Gasteiger partial charge in [0.05, 0.1) is 11.0 Å². The summed E-state index contributed by atoms with van der Waals surface area (Å²) in [5.41, 5.74) is 8.60. The first-order valence-electron chi connectivity index (χ1n) is 17.2. The monoisotopic (exact) mass is 650 g/mol. The predicted octanol–water partition coefficient (Wildman–Crippen LogP) is 11.9. The van der Waals surface area contributed by atoms with Gasteiger partial charge in [-0.1, -0.05) is 140 Å². The van der Waals surface area contributed by atoms with Crippen molar-refractivity contribution in [1.82, 2.24) is 19.5 Å². The Morgan fingerprint density at radius 3 is 1.61 bits per heavy atom. The average Bonchev–Trinajstić information content (AvgIpc) is 3.53. The standard InChI is InChI=1S/C47H30N4/c1-2-12-33(13-3-1)45-48-46(50-47(49-45)39-22-21-31-11-4-5-14-34(31)28-39)38-18-10-17-35(27-38)32-23-25-40(26-24-32)51-43-20-9-8-19-41(43)42-29-36-15-6-7-16-37(36)30-44(42)51/h1-30H. The maximum absolute atomic E-state index is 5.04. The van der Waals surface area contributed by atoms with Gasteiger partial charge in [-0.05, 0) is 75.1 Å². The van der Waals surface area contributed by atoms with Crippen LogP contribution in [-0.2, 0) is 0 Å². The first-order valence-corrected chi connectivity index (χ1v) is 17.2. The molecule has 0 aliphatic heterocycles. The molecule has 0 atom stereocenters. The van der Waals surface area contributed by atoms with Gasteiger partial charge in [-0.25, -0.2) is 15.0 Å². The van der Waals surface area contributed by atoms with Crippen LogP contribution in [0.1, 0.15) is 0 Å². The second kappa shape index (κ2) is 11.9. The Labute approximate surface area is 295 Å². The highest BCUT2D eigenvalue weighted by Gasteiger charge is 2.15. The maximum Gasteiger partial charge on any atom is 0.164 e. The fourth-order valence-corrected chi connectivity index (χ4v) is 7.25. The van der Waals surface area contributed by atoms with Crippen molar-refractivity contribution in [2.24, 2.45) is 0 Å². The number of fused-ring (bicyclic) bond motifs is 5. The van der Waals surface area contributed by atoms with Crippen LogP contribution in [0.4, 0.5) is 0 Å². The van der Waals surface area contributed by atoms with Crippen LogP contribution in [0.5, 0.6) is 0 Å². The van der Waals surface area contributed by atoms with Crippen molar-refractivity contribution < 1.29 is 0 Å². The van der Waals surface area contributed by atoms with Crippen LogP contribution in [0, 0.1) is 0 Å². The molecule has 4 heteroatoms. The molecule has 0 aliphatic rings. The number of aromatic nitrogens is 4. The van der Waals surface area contributed by atoms with E-state index in [-0.39, 0.29) is 0 Å². The lowest BCUT2D eigenvalue weighted by atomic mass is 10.0. The number of benzene rings is 8. The minimum atomic E-state index is 0.642.